The van der Waals surface area contributed by atoms with E-state index in [1.807, 2.05) is 0 Å². The van der Waals surface area contributed by atoms with Crippen molar-refractivity contribution in [2.75, 3.05) is 24.7 Å². The molecule has 13 heteroatoms. The normalized spacial score (nSPS) is 17.4. The molecule has 0 aromatic heterocycles. The van der Waals surface area contributed by atoms with Crippen LogP contribution in [0.3, 0.4) is 0 Å². The van der Waals surface area contributed by atoms with Gasteiger partial charge in [0, 0.05) is 23.9 Å². The number of nitrogens with two attached hydrogens (primary N) is 2. The number of hydrogen-bond donors (Lipinski definition) is 2. The van der Waals surface area contributed by atoms with Crippen LogP contribution in [0, 0.1) is 11.8 Å². The van der Waals surface area contributed by atoms with Crippen LogP contribution in [0.5, 0.6) is 5.75 Å². The zero-order chi connectivity index (χ0) is 31.6. The lowest BCUT2D eigenvalue weighted by atomic mass is 9.79. The van der Waals surface area contributed by atoms with Crippen LogP contribution >= 0.6 is 0 Å². The molecular weight excluding hydrogens is 579 g/mol. The van der Waals surface area contributed by atoms with Crippen LogP contribution in [-0.4, -0.2) is 43.2 Å². The van der Waals surface area contributed by atoms with Crippen LogP contribution in [0.1, 0.15) is 60.9 Å². The minimum absolute atomic E-state index is 0.00474. The smallest absolute Gasteiger partial charge is 0.453 e. The zero-order valence-corrected chi connectivity index (χ0v) is 23.2. The van der Waals surface area contributed by atoms with E-state index in [4.69, 9.17) is 25.7 Å². The number of nitrogen functional groups attached to an aromatic ring is 2. The van der Waals surface area contributed by atoms with Gasteiger partial charge in [-0.1, -0.05) is 18.6 Å². The molecule has 0 radical (unpaired) electrons. The summed E-state index contributed by atoms with van der Waals surface area (Å²) >= 11 is 0. The van der Waals surface area contributed by atoms with Crippen molar-refractivity contribution < 1.29 is 50.5 Å². The van der Waals surface area contributed by atoms with Crippen molar-refractivity contribution in [1.29, 1.82) is 0 Å². The maximum absolute atomic E-state index is 13.1. The third kappa shape index (κ3) is 10.6. The van der Waals surface area contributed by atoms with E-state index in [0.29, 0.717) is 48.4 Å². The van der Waals surface area contributed by atoms with Crippen LogP contribution in [0.4, 0.5) is 33.3 Å². The van der Waals surface area contributed by atoms with Gasteiger partial charge in [0.1, 0.15) is 19.0 Å². The highest BCUT2D eigenvalue weighted by Gasteiger charge is 2.56. The van der Waals surface area contributed by atoms with Crippen LogP contribution in [0.25, 0.3) is 6.08 Å². The highest BCUT2D eigenvalue weighted by atomic mass is 19.4. The van der Waals surface area contributed by atoms with Crippen molar-refractivity contribution in [1.82, 2.24) is 0 Å². The molecule has 43 heavy (non-hydrogen) atoms. The van der Waals surface area contributed by atoms with Gasteiger partial charge in [-0.2, -0.15) is 22.0 Å². The molecular formula is C30H33F5N2O6. The number of ether oxygens (including phenoxy) is 3. The molecule has 0 spiro atoms. The Kier molecular flexibility index (Phi) is 11.5. The van der Waals surface area contributed by atoms with Gasteiger partial charge in [0.25, 0.3) is 0 Å². The van der Waals surface area contributed by atoms with E-state index >= 15 is 0 Å². The lowest BCUT2D eigenvalue weighted by Crippen LogP contribution is -2.36. The molecule has 234 valence electrons. The van der Waals surface area contributed by atoms with E-state index in [1.165, 1.54) is 30.4 Å². The predicted molar refractivity (Wildman–Crippen MR) is 148 cm³/mol. The van der Waals surface area contributed by atoms with Gasteiger partial charge < -0.3 is 25.7 Å². The first-order chi connectivity index (χ1) is 20.2. The van der Waals surface area contributed by atoms with E-state index in [0.717, 1.165) is 0 Å². The molecule has 0 atom stereocenters. The molecule has 1 aliphatic carbocycles. The van der Waals surface area contributed by atoms with Crippen LogP contribution in [0.2, 0.25) is 0 Å². The Morgan fingerprint density at radius 2 is 1.47 bits per heavy atom. The Bertz CT molecular complexity index is 1270. The average Bonchev–Trinajstić information content (AvgIpc) is 2.94. The maximum atomic E-state index is 13.1. The molecule has 0 bridgehead atoms. The fraction of sp³-hybridized carbons (Fsp3) is 0.433. The predicted octanol–water partition coefficient (Wildman–Crippen LogP) is 6.34. The number of hydrogen-bond acceptors (Lipinski definition) is 8. The van der Waals surface area contributed by atoms with Gasteiger partial charge in [0.2, 0.25) is 0 Å². The van der Waals surface area contributed by atoms with Crippen molar-refractivity contribution in [3.8, 4) is 5.75 Å². The first kappa shape index (κ1) is 33.3. The second-order valence-corrected chi connectivity index (χ2v) is 10.3. The minimum atomic E-state index is -5.54. The summed E-state index contributed by atoms with van der Waals surface area (Å²) < 4.78 is 78.5. The summed E-state index contributed by atoms with van der Waals surface area (Å²) in [6.45, 7) is -0.340. The molecule has 1 saturated carbocycles. The standard InChI is InChI=1S/C30H33F5N2O6/c31-29(32,30(33,34)35)13-1-2-19-3-8-21(9-4-19)28(40)43-25-10-5-20(6-11-25)7-12-26(38)41-14-15-42-27(39)22-16-23(36)18-24(37)17-22/h5-7,10-12,16-19,21H,1-4,8-9,13-15,36-37H2. The Morgan fingerprint density at radius 1 is 0.860 bits per heavy atom. The molecule has 0 heterocycles. The summed E-state index contributed by atoms with van der Waals surface area (Å²) in [6.07, 6.45) is -2.04. The van der Waals surface area contributed by atoms with E-state index < -0.39 is 36.4 Å². The summed E-state index contributed by atoms with van der Waals surface area (Å²) in [5.74, 6) is -6.54. The third-order valence-corrected chi connectivity index (χ3v) is 6.98. The lowest BCUT2D eigenvalue weighted by Gasteiger charge is -2.28. The molecule has 0 amide bonds. The summed E-state index contributed by atoms with van der Waals surface area (Å²) in [6, 6.07) is 10.7. The molecule has 0 aliphatic heterocycles. The van der Waals surface area contributed by atoms with E-state index in [-0.39, 0.29) is 43.5 Å². The number of halogens is 5. The molecule has 4 N–H and O–H groups in total. The fourth-order valence-corrected chi connectivity index (χ4v) is 4.65. The van der Waals surface area contributed by atoms with Gasteiger partial charge in [-0.3, -0.25) is 4.79 Å². The summed E-state index contributed by atoms with van der Waals surface area (Å²) in [5, 5.41) is 0. The van der Waals surface area contributed by atoms with Crippen molar-refractivity contribution >= 4 is 35.4 Å². The van der Waals surface area contributed by atoms with Gasteiger partial charge in [-0.25, -0.2) is 9.59 Å². The molecule has 3 rings (SSSR count). The molecule has 0 saturated heterocycles. The molecule has 1 aliphatic rings. The number of esters is 3. The fourth-order valence-electron chi connectivity index (χ4n) is 4.65. The maximum Gasteiger partial charge on any atom is 0.453 e. The molecule has 8 nitrogen and oxygen atoms in total. The Labute approximate surface area is 245 Å². The number of carbonyl (C=O) groups excluding carboxylic acids is 3. The number of benzene rings is 2. The van der Waals surface area contributed by atoms with E-state index in [1.54, 1.807) is 24.3 Å². The second kappa shape index (κ2) is 14.8. The van der Waals surface area contributed by atoms with Gasteiger partial charge in [0.15, 0.2) is 0 Å². The molecule has 2 aromatic rings. The van der Waals surface area contributed by atoms with E-state index in [2.05, 4.69) is 0 Å². The first-order valence-electron chi connectivity index (χ1n) is 13.7. The number of carbonyl (C=O) groups is 3. The Hall–Kier alpha value is -4.16. The first-order valence-corrected chi connectivity index (χ1v) is 13.7. The van der Waals surface area contributed by atoms with Crippen molar-refractivity contribution in [3.63, 3.8) is 0 Å². The van der Waals surface area contributed by atoms with Crippen molar-refractivity contribution in [2.45, 2.75) is 57.0 Å². The van der Waals surface area contributed by atoms with Crippen LogP contribution in [0.15, 0.2) is 48.5 Å². The van der Waals surface area contributed by atoms with Gasteiger partial charge in [-0.15, -0.1) is 0 Å². The molecule has 0 unspecified atom stereocenters. The minimum Gasteiger partial charge on any atom is -0.459 e. The van der Waals surface area contributed by atoms with Gasteiger partial charge in [0.05, 0.1) is 11.5 Å². The van der Waals surface area contributed by atoms with Gasteiger partial charge >= 0.3 is 30.0 Å². The van der Waals surface area contributed by atoms with Crippen molar-refractivity contribution in [3.05, 3.63) is 59.7 Å². The van der Waals surface area contributed by atoms with Crippen LogP contribution in [-0.2, 0) is 19.1 Å². The summed E-state index contributed by atoms with van der Waals surface area (Å²) in [4.78, 5) is 36.5. The topological polar surface area (TPSA) is 131 Å². The highest BCUT2D eigenvalue weighted by molar-refractivity contribution is 5.91. The van der Waals surface area contributed by atoms with E-state index in [9.17, 15) is 36.3 Å². The number of alkyl halides is 5. The number of rotatable bonds is 12. The zero-order valence-electron chi connectivity index (χ0n) is 23.2. The molecule has 2 aromatic carbocycles. The lowest BCUT2D eigenvalue weighted by molar-refractivity contribution is -0.284. The largest absolute Gasteiger partial charge is 0.459 e. The Balaban J connectivity index is 1.33. The Morgan fingerprint density at radius 3 is 2.07 bits per heavy atom. The third-order valence-electron chi connectivity index (χ3n) is 6.98. The quantitative estimate of drug-likeness (QED) is 0.0709. The van der Waals surface area contributed by atoms with Crippen LogP contribution < -0.4 is 16.2 Å². The summed E-state index contributed by atoms with van der Waals surface area (Å²) in [7, 11) is 0. The molecule has 1 fully saturated rings. The summed E-state index contributed by atoms with van der Waals surface area (Å²) in [5.41, 5.74) is 12.7. The average molecular weight is 613 g/mol. The SMILES string of the molecule is Nc1cc(N)cc(C(=O)OCCOC(=O)C=Cc2ccc(OC(=O)C3CCC(CCCC(F)(F)C(F)(F)F)CC3)cc2)c1. The highest BCUT2D eigenvalue weighted by Crippen LogP contribution is 2.40. The van der Waals surface area contributed by atoms with Crippen molar-refractivity contribution in [2.24, 2.45) is 11.8 Å². The monoisotopic (exact) mass is 612 g/mol. The van der Waals surface area contributed by atoms with Gasteiger partial charge in [-0.05, 0) is 80.0 Å². The second-order valence-electron chi connectivity index (χ2n) is 10.3. The number of anilines is 2.